The maximum Gasteiger partial charge on any atom is 0.218 e. The van der Waals surface area contributed by atoms with E-state index in [1.807, 2.05) is 19.9 Å². The average Bonchev–Trinajstić information content (AvgIpc) is 2.81. The lowest BCUT2D eigenvalue weighted by atomic mass is 10.0. The summed E-state index contributed by atoms with van der Waals surface area (Å²) in [6, 6.07) is 2.19. The average molecular weight is 251 g/mol. The molecule has 5 nitrogen and oxygen atoms in total. The van der Waals surface area contributed by atoms with Gasteiger partial charge in [0.15, 0.2) is 0 Å². The van der Waals surface area contributed by atoms with Crippen LogP contribution in [0.25, 0.3) is 0 Å². The van der Waals surface area contributed by atoms with Gasteiger partial charge in [-0.3, -0.25) is 0 Å². The number of hydrogen-bond acceptors (Lipinski definition) is 5. The first-order valence-corrected chi connectivity index (χ1v) is 6.51. The molecule has 0 saturated carbocycles. The Kier molecular flexibility index (Phi) is 4.36. The molecule has 2 heterocycles. The van der Waals surface area contributed by atoms with Gasteiger partial charge in [-0.1, -0.05) is 0 Å². The molecule has 0 aromatic carbocycles. The molecule has 2 unspecified atom stereocenters. The SMILES string of the molecule is CCOc1cc(NC(C)C2CCOC2)nc(C)n1. The van der Waals surface area contributed by atoms with E-state index in [9.17, 15) is 0 Å². The Bertz CT molecular complexity index is 392. The van der Waals surface area contributed by atoms with Gasteiger partial charge in [-0.2, -0.15) is 4.98 Å². The molecule has 1 aromatic heterocycles. The van der Waals surface area contributed by atoms with Crippen molar-refractivity contribution in [3.8, 4) is 5.88 Å². The molecule has 0 bridgehead atoms. The molecule has 1 saturated heterocycles. The number of rotatable bonds is 5. The van der Waals surface area contributed by atoms with Crippen molar-refractivity contribution >= 4 is 5.82 Å². The van der Waals surface area contributed by atoms with Crippen molar-refractivity contribution in [2.75, 3.05) is 25.1 Å². The van der Waals surface area contributed by atoms with Crippen LogP contribution in [0.1, 0.15) is 26.1 Å². The third kappa shape index (κ3) is 3.32. The minimum atomic E-state index is 0.344. The minimum absolute atomic E-state index is 0.344. The number of nitrogens with one attached hydrogen (secondary N) is 1. The predicted octanol–water partition coefficient (Wildman–Crippen LogP) is 2.02. The molecule has 0 spiro atoms. The number of aromatic nitrogens is 2. The number of nitrogens with zero attached hydrogens (tertiary/aromatic N) is 2. The second kappa shape index (κ2) is 6.00. The summed E-state index contributed by atoms with van der Waals surface area (Å²) in [5.74, 6) is 2.72. The van der Waals surface area contributed by atoms with Crippen molar-refractivity contribution in [1.82, 2.24) is 9.97 Å². The molecule has 1 fully saturated rings. The molecule has 2 rings (SSSR count). The highest BCUT2D eigenvalue weighted by atomic mass is 16.5. The van der Waals surface area contributed by atoms with Gasteiger partial charge in [0.05, 0.1) is 13.2 Å². The topological polar surface area (TPSA) is 56.3 Å². The van der Waals surface area contributed by atoms with Gasteiger partial charge >= 0.3 is 0 Å². The van der Waals surface area contributed by atoms with Gasteiger partial charge in [0.25, 0.3) is 0 Å². The standard InChI is InChI=1S/C13H21N3O2/c1-4-18-13-7-12(15-10(3)16-13)14-9(2)11-5-6-17-8-11/h7,9,11H,4-6,8H2,1-3H3,(H,14,15,16). The van der Waals surface area contributed by atoms with Crippen LogP contribution >= 0.6 is 0 Å². The van der Waals surface area contributed by atoms with E-state index in [2.05, 4.69) is 22.2 Å². The van der Waals surface area contributed by atoms with Gasteiger partial charge in [0.2, 0.25) is 5.88 Å². The Morgan fingerprint density at radius 3 is 3.06 bits per heavy atom. The second-order valence-corrected chi connectivity index (χ2v) is 4.63. The molecular formula is C13H21N3O2. The van der Waals surface area contributed by atoms with Crippen LogP contribution in [0.5, 0.6) is 5.88 Å². The Balaban J connectivity index is 2.03. The smallest absolute Gasteiger partial charge is 0.218 e. The first-order chi connectivity index (χ1) is 8.69. The fourth-order valence-corrected chi connectivity index (χ4v) is 2.13. The van der Waals surface area contributed by atoms with Crippen LogP contribution in [0.15, 0.2) is 6.07 Å². The van der Waals surface area contributed by atoms with Crippen LogP contribution in [-0.2, 0) is 4.74 Å². The van der Waals surface area contributed by atoms with E-state index in [1.54, 1.807) is 0 Å². The van der Waals surface area contributed by atoms with Crippen LogP contribution < -0.4 is 10.1 Å². The van der Waals surface area contributed by atoms with E-state index in [-0.39, 0.29) is 0 Å². The first kappa shape index (κ1) is 13.1. The first-order valence-electron chi connectivity index (χ1n) is 6.51. The predicted molar refractivity (Wildman–Crippen MR) is 69.9 cm³/mol. The lowest BCUT2D eigenvalue weighted by Gasteiger charge is -2.20. The summed E-state index contributed by atoms with van der Waals surface area (Å²) in [5.41, 5.74) is 0. The van der Waals surface area contributed by atoms with E-state index < -0.39 is 0 Å². The quantitative estimate of drug-likeness (QED) is 0.867. The van der Waals surface area contributed by atoms with Crippen LogP contribution in [-0.4, -0.2) is 35.8 Å². The zero-order valence-corrected chi connectivity index (χ0v) is 11.3. The molecular weight excluding hydrogens is 230 g/mol. The Hall–Kier alpha value is -1.36. The summed E-state index contributed by atoms with van der Waals surface area (Å²) >= 11 is 0. The van der Waals surface area contributed by atoms with Crippen LogP contribution in [0.3, 0.4) is 0 Å². The van der Waals surface area contributed by atoms with Crippen molar-refractivity contribution in [2.45, 2.75) is 33.2 Å². The number of hydrogen-bond donors (Lipinski definition) is 1. The molecule has 0 aliphatic carbocycles. The number of ether oxygens (including phenoxy) is 2. The highest BCUT2D eigenvalue weighted by Crippen LogP contribution is 2.21. The zero-order valence-electron chi connectivity index (χ0n) is 11.3. The van der Waals surface area contributed by atoms with Crippen molar-refractivity contribution in [1.29, 1.82) is 0 Å². The normalized spacial score (nSPS) is 20.7. The minimum Gasteiger partial charge on any atom is -0.478 e. The monoisotopic (exact) mass is 251 g/mol. The Morgan fingerprint density at radius 2 is 2.39 bits per heavy atom. The van der Waals surface area contributed by atoms with Crippen LogP contribution in [0, 0.1) is 12.8 Å². The van der Waals surface area contributed by atoms with E-state index >= 15 is 0 Å². The molecule has 1 aliphatic rings. The summed E-state index contributed by atoms with van der Waals surface area (Å²) < 4.78 is 10.8. The zero-order chi connectivity index (χ0) is 13.0. The lowest BCUT2D eigenvalue weighted by molar-refractivity contribution is 0.183. The molecule has 1 N–H and O–H groups in total. The van der Waals surface area contributed by atoms with Gasteiger partial charge < -0.3 is 14.8 Å². The summed E-state index contributed by atoms with van der Waals surface area (Å²) in [4.78, 5) is 8.61. The third-order valence-corrected chi connectivity index (χ3v) is 3.15. The molecule has 1 aliphatic heterocycles. The molecule has 100 valence electrons. The second-order valence-electron chi connectivity index (χ2n) is 4.63. The van der Waals surface area contributed by atoms with Gasteiger partial charge in [-0.25, -0.2) is 4.98 Å². The fourth-order valence-electron chi connectivity index (χ4n) is 2.13. The summed E-state index contributed by atoms with van der Waals surface area (Å²) in [6.45, 7) is 8.29. The lowest BCUT2D eigenvalue weighted by Crippen LogP contribution is -2.26. The van der Waals surface area contributed by atoms with Crippen molar-refractivity contribution in [3.05, 3.63) is 11.9 Å². The van der Waals surface area contributed by atoms with Gasteiger partial charge in [-0.15, -0.1) is 0 Å². The van der Waals surface area contributed by atoms with Crippen LogP contribution in [0.4, 0.5) is 5.82 Å². The molecule has 1 aromatic rings. The van der Waals surface area contributed by atoms with Crippen molar-refractivity contribution in [3.63, 3.8) is 0 Å². The Labute approximate surface area is 108 Å². The molecule has 0 radical (unpaired) electrons. The highest BCUT2D eigenvalue weighted by Gasteiger charge is 2.22. The van der Waals surface area contributed by atoms with E-state index in [4.69, 9.17) is 9.47 Å². The maximum absolute atomic E-state index is 5.42. The van der Waals surface area contributed by atoms with Gasteiger partial charge in [-0.05, 0) is 27.2 Å². The number of aryl methyl sites for hydroxylation is 1. The molecule has 2 atom stereocenters. The van der Waals surface area contributed by atoms with Gasteiger partial charge in [0.1, 0.15) is 11.6 Å². The maximum atomic E-state index is 5.42. The van der Waals surface area contributed by atoms with Crippen LogP contribution in [0.2, 0.25) is 0 Å². The highest BCUT2D eigenvalue weighted by molar-refractivity contribution is 5.39. The van der Waals surface area contributed by atoms with E-state index in [0.717, 1.165) is 31.3 Å². The van der Waals surface area contributed by atoms with E-state index in [1.165, 1.54) is 0 Å². The molecule has 18 heavy (non-hydrogen) atoms. The third-order valence-electron chi connectivity index (χ3n) is 3.15. The Morgan fingerprint density at radius 1 is 1.56 bits per heavy atom. The summed E-state index contributed by atoms with van der Waals surface area (Å²) in [5, 5.41) is 3.41. The number of anilines is 1. The van der Waals surface area contributed by atoms with Crippen molar-refractivity contribution < 1.29 is 9.47 Å². The van der Waals surface area contributed by atoms with E-state index in [0.29, 0.717) is 24.4 Å². The van der Waals surface area contributed by atoms with Crippen molar-refractivity contribution in [2.24, 2.45) is 5.92 Å². The van der Waals surface area contributed by atoms with Gasteiger partial charge in [0, 0.05) is 24.6 Å². The fraction of sp³-hybridized carbons (Fsp3) is 0.692. The summed E-state index contributed by atoms with van der Waals surface area (Å²) in [6.07, 6.45) is 1.11. The summed E-state index contributed by atoms with van der Waals surface area (Å²) in [7, 11) is 0. The molecule has 0 amide bonds. The largest absolute Gasteiger partial charge is 0.478 e. The molecule has 5 heteroatoms.